The van der Waals surface area contributed by atoms with Crippen molar-refractivity contribution in [1.82, 2.24) is 0 Å². The highest BCUT2D eigenvalue weighted by Gasteiger charge is 2.39. The number of nitrogens with zero attached hydrogens (tertiary/aromatic N) is 1. The normalized spacial score (nSPS) is 14.6. The van der Waals surface area contributed by atoms with Crippen LogP contribution in [0.15, 0.2) is 168 Å². The van der Waals surface area contributed by atoms with Gasteiger partial charge in [0.2, 0.25) is 0 Å². The standard InChI is InChI=1S/C52H39NO/c1-51(2)44-17-10-8-15-42(44)49-45(51)18-11-19-47(49)53(36-26-29-39-38-14-7-9-16-43(38)52(3,4)46(39)31-36)35-24-20-32(21-25-35)34-23-27-40-41-28-22-33-12-5-6-13-37(33)50(41)54-48(40)30-34/h5-31H,1-4H3. The second kappa shape index (κ2) is 11.1. The number of furan rings is 1. The van der Waals surface area contributed by atoms with Crippen molar-refractivity contribution in [3.8, 4) is 33.4 Å². The minimum absolute atomic E-state index is 0.0966. The fraction of sp³-hybridized carbons (Fsp3) is 0.115. The summed E-state index contributed by atoms with van der Waals surface area (Å²) < 4.78 is 6.56. The van der Waals surface area contributed by atoms with Gasteiger partial charge in [-0.05, 0) is 104 Å². The molecule has 2 aliphatic carbocycles. The predicted octanol–water partition coefficient (Wildman–Crippen LogP) is 14.5. The highest BCUT2D eigenvalue weighted by atomic mass is 16.3. The molecule has 0 N–H and O–H groups in total. The lowest BCUT2D eigenvalue weighted by Crippen LogP contribution is -2.17. The first-order valence-electron chi connectivity index (χ1n) is 19.0. The SMILES string of the molecule is CC1(C)c2ccccc2-c2ccc(N(c3ccc(-c4ccc5c(c4)oc4c6ccccc6ccc54)cc3)c3cccc4c3-c3ccccc3C4(C)C)cc21. The zero-order chi connectivity index (χ0) is 36.3. The average molecular weight is 694 g/mol. The van der Waals surface area contributed by atoms with Gasteiger partial charge in [0.25, 0.3) is 0 Å². The number of hydrogen-bond donors (Lipinski definition) is 0. The molecule has 1 aromatic heterocycles. The minimum Gasteiger partial charge on any atom is -0.455 e. The molecule has 258 valence electrons. The topological polar surface area (TPSA) is 16.4 Å². The maximum atomic E-state index is 6.56. The summed E-state index contributed by atoms with van der Waals surface area (Å²) in [6.07, 6.45) is 0. The van der Waals surface area contributed by atoms with Crippen molar-refractivity contribution in [2.75, 3.05) is 4.90 Å². The maximum Gasteiger partial charge on any atom is 0.143 e. The lowest BCUT2D eigenvalue weighted by molar-refractivity contribution is 0.660. The lowest BCUT2D eigenvalue weighted by atomic mass is 9.82. The quantitative estimate of drug-likeness (QED) is 0.182. The van der Waals surface area contributed by atoms with Crippen molar-refractivity contribution in [2.24, 2.45) is 0 Å². The summed E-state index contributed by atoms with van der Waals surface area (Å²) in [6, 6.07) is 60.3. The zero-order valence-corrected chi connectivity index (χ0v) is 30.9. The lowest BCUT2D eigenvalue weighted by Gasteiger charge is -2.30. The van der Waals surface area contributed by atoms with Gasteiger partial charge in [0, 0.05) is 43.9 Å². The molecule has 0 spiro atoms. The van der Waals surface area contributed by atoms with E-state index < -0.39 is 0 Å². The Morgan fingerprint density at radius 3 is 1.89 bits per heavy atom. The van der Waals surface area contributed by atoms with Gasteiger partial charge in [-0.15, -0.1) is 0 Å². The molecule has 0 radical (unpaired) electrons. The van der Waals surface area contributed by atoms with Gasteiger partial charge in [-0.3, -0.25) is 0 Å². The number of anilines is 3. The molecule has 2 heteroatoms. The number of rotatable bonds is 4. The Balaban J connectivity index is 1.07. The number of hydrogen-bond acceptors (Lipinski definition) is 2. The van der Waals surface area contributed by atoms with E-state index in [0.29, 0.717) is 0 Å². The van der Waals surface area contributed by atoms with Gasteiger partial charge in [-0.1, -0.05) is 143 Å². The van der Waals surface area contributed by atoms with E-state index >= 15 is 0 Å². The molecule has 11 rings (SSSR count). The first-order valence-corrected chi connectivity index (χ1v) is 19.0. The Labute approximate surface area is 315 Å². The average Bonchev–Trinajstić information content (AvgIpc) is 3.78. The first kappa shape index (κ1) is 31.2. The molecule has 0 saturated heterocycles. The van der Waals surface area contributed by atoms with E-state index in [1.54, 1.807) is 0 Å². The minimum atomic E-state index is -0.105. The van der Waals surface area contributed by atoms with Crippen LogP contribution >= 0.6 is 0 Å². The summed E-state index contributed by atoms with van der Waals surface area (Å²) in [4.78, 5) is 2.48. The van der Waals surface area contributed by atoms with Gasteiger partial charge in [-0.2, -0.15) is 0 Å². The molecule has 0 saturated carbocycles. The van der Waals surface area contributed by atoms with Crippen molar-refractivity contribution >= 4 is 49.8 Å². The Morgan fingerprint density at radius 2 is 1.06 bits per heavy atom. The third kappa shape index (κ3) is 4.28. The van der Waals surface area contributed by atoms with Crippen LogP contribution in [0.1, 0.15) is 49.9 Å². The molecular weight excluding hydrogens is 655 g/mol. The van der Waals surface area contributed by atoms with Crippen LogP contribution in [0, 0.1) is 0 Å². The van der Waals surface area contributed by atoms with Gasteiger partial charge in [0.1, 0.15) is 11.2 Å². The highest BCUT2D eigenvalue weighted by Crippen LogP contribution is 2.55. The molecule has 54 heavy (non-hydrogen) atoms. The van der Waals surface area contributed by atoms with Crippen molar-refractivity contribution in [3.63, 3.8) is 0 Å². The molecule has 0 fully saturated rings. The van der Waals surface area contributed by atoms with Gasteiger partial charge in [-0.25, -0.2) is 0 Å². The molecule has 2 aliphatic rings. The summed E-state index contributed by atoms with van der Waals surface area (Å²) in [5.74, 6) is 0. The van der Waals surface area contributed by atoms with Crippen molar-refractivity contribution in [1.29, 1.82) is 0 Å². The van der Waals surface area contributed by atoms with E-state index in [1.807, 2.05) is 0 Å². The Bertz CT molecular complexity index is 3000. The molecule has 0 atom stereocenters. The largest absolute Gasteiger partial charge is 0.455 e. The molecular formula is C52H39NO. The molecule has 9 aromatic rings. The third-order valence-corrected chi connectivity index (χ3v) is 12.5. The van der Waals surface area contributed by atoms with Crippen LogP contribution in [-0.2, 0) is 10.8 Å². The van der Waals surface area contributed by atoms with E-state index in [-0.39, 0.29) is 10.8 Å². The fourth-order valence-corrected chi connectivity index (χ4v) is 9.67. The maximum absolute atomic E-state index is 6.56. The smallest absolute Gasteiger partial charge is 0.143 e. The van der Waals surface area contributed by atoms with Crippen molar-refractivity contribution < 1.29 is 4.42 Å². The Morgan fingerprint density at radius 1 is 0.426 bits per heavy atom. The van der Waals surface area contributed by atoms with E-state index in [1.165, 1.54) is 55.6 Å². The van der Waals surface area contributed by atoms with Gasteiger partial charge >= 0.3 is 0 Å². The number of fused-ring (bicyclic) bond motifs is 11. The first-order chi connectivity index (χ1) is 26.3. The fourth-order valence-electron chi connectivity index (χ4n) is 9.67. The van der Waals surface area contributed by atoms with Crippen LogP contribution in [0.3, 0.4) is 0 Å². The van der Waals surface area contributed by atoms with E-state index in [0.717, 1.165) is 49.8 Å². The second-order valence-corrected chi connectivity index (χ2v) is 16.1. The summed E-state index contributed by atoms with van der Waals surface area (Å²) in [6.45, 7) is 9.44. The van der Waals surface area contributed by atoms with E-state index in [9.17, 15) is 0 Å². The summed E-state index contributed by atoms with van der Waals surface area (Å²) in [5, 5.41) is 4.64. The van der Waals surface area contributed by atoms with Crippen LogP contribution < -0.4 is 4.90 Å². The van der Waals surface area contributed by atoms with E-state index in [4.69, 9.17) is 4.42 Å². The van der Waals surface area contributed by atoms with Crippen LogP contribution in [0.25, 0.3) is 66.1 Å². The van der Waals surface area contributed by atoms with Crippen molar-refractivity contribution in [2.45, 2.75) is 38.5 Å². The van der Waals surface area contributed by atoms with Crippen LogP contribution in [0.4, 0.5) is 17.1 Å². The monoisotopic (exact) mass is 693 g/mol. The Kier molecular flexibility index (Phi) is 6.39. The molecule has 1 heterocycles. The molecule has 2 nitrogen and oxygen atoms in total. The van der Waals surface area contributed by atoms with Crippen molar-refractivity contribution in [3.05, 3.63) is 186 Å². The second-order valence-electron chi connectivity index (χ2n) is 16.1. The molecule has 8 aromatic carbocycles. The molecule has 0 aliphatic heterocycles. The van der Waals surface area contributed by atoms with Gasteiger partial charge < -0.3 is 9.32 Å². The number of benzene rings is 8. The molecule has 0 bridgehead atoms. The molecule has 0 amide bonds. The van der Waals surface area contributed by atoms with Crippen LogP contribution in [0.2, 0.25) is 0 Å². The zero-order valence-electron chi connectivity index (χ0n) is 30.9. The van der Waals surface area contributed by atoms with Crippen LogP contribution in [0.5, 0.6) is 0 Å². The van der Waals surface area contributed by atoms with Crippen LogP contribution in [-0.4, -0.2) is 0 Å². The predicted molar refractivity (Wildman–Crippen MR) is 226 cm³/mol. The summed E-state index contributed by atoms with van der Waals surface area (Å²) in [7, 11) is 0. The van der Waals surface area contributed by atoms with E-state index in [2.05, 4.69) is 196 Å². The van der Waals surface area contributed by atoms with Gasteiger partial charge in [0.05, 0.1) is 5.69 Å². The summed E-state index contributed by atoms with van der Waals surface area (Å²) >= 11 is 0. The van der Waals surface area contributed by atoms with Gasteiger partial charge in [0.15, 0.2) is 0 Å². The third-order valence-electron chi connectivity index (χ3n) is 12.5. The Hall–Kier alpha value is -6.38. The highest BCUT2D eigenvalue weighted by molar-refractivity contribution is 6.15. The summed E-state index contributed by atoms with van der Waals surface area (Å²) in [5.41, 5.74) is 18.2. The molecule has 0 unspecified atom stereocenters.